The van der Waals surface area contributed by atoms with Gasteiger partial charge in [-0.3, -0.25) is 9.97 Å². The molecule has 0 bridgehead atoms. The second kappa shape index (κ2) is 14.3. The maximum absolute atomic E-state index is 9.99. The van der Waals surface area contributed by atoms with Crippen molar-refractivity contribution in [3.8, 4) is 46.4 Å². The molecule has 1 spiro atoms. The summed E-state index contributed by atoms with van der Waals surface area (Å²) in [6.45, 7) is 0. The van der Waals surface area contributed by atoms with Crippen molar-refractivity contribution >= 4 is 72.4 Å². The van der Waals surface area contributed by atoms with E-state index in [2.05, 4.69) is 178 Å². The van der Waals surface area contributed by atoms with E-state index in [1.54, 1.807) is 11.8 Å². The van der Waals surface area contributed by atoms with E-state index in [4.69, 9.17) is 14.7 Å². The Kier molecular flexibility index (Phi) is 7.90. The standard InChI is InChI=1S/C61H33N7OS/c62-34-36-20-25-49-42(30-36)40-10-1-3-14-47(40)66(49)39-23-27-52-57(33-39)70-56-19-6-5-16-51(56)67(52)38-22-24-44-55(32-38)69-54-18-7-17-53(68-48-15-4-2-11-41(48)43-31-37(35-63)21-26-50(43)68)58(54)61(44)45-12-8-28-64-59(45)60-46(61)13-9-29-65-60/h1-33H. The average Bonchev–Trinajstić information content (AvgIpc) is 4.04. The molecule has 2 aliphatic heterocycles. The molecule has 3 aliphatic rings. The molecule has 6 heterocycles. The van der Waals surface area contributed by atoms with Crippen molar-refractivity contribution in [1.82, 2.24) is 19.1 Å². The first kappa shape index (κ1) is 38.7. The number of nitriles is 2. The topological polar surface area (TPSA) is 95.7 Å². The van der Waals surface area contributed by atoms with Crippen molar-refractivity contribution in [3.05, 3.63) is 234 Å². The van der Waals surface area contributed by atoms with Gasteiger partial charge in [0.1, 0.15) is 11.5 Å². The van der Waals surface area contributed by atoms with E-state index < -0.39 is 5.41 Å². The molecule has 9 heteroatoms. The Balaban J connectivity index is 0.955. The van der Waals surface area contributed by atoms with Crippen LogP contribution in [0.3, 0.4) is 0 Å². The molecule has 0 radical (unpaired) electrons. The number of ether oxygens (including phenoxy) is 1. The number of para-hydroxylation sites is 3. The number of pyridine rings is 2. The van der Waals surface area contributed by atoms with Crippen LogP contribution in [0.1, 0.15) is 33.4 Å². The molecule has 0 N–H and O–H groups in total. The third-order valence-electron chi connectivity index (χ3n) is 14.5. The number of fused-ring (bicyclic) bond motifs is 17. The molecule has 0 fully saturated rings. The normalized spacial score (nSPS) is 13.5. The molecular weight excluding hydrogens is 879 g/mol. The van der Waals surface area contributed by atoms with E-state index in [1.807, 2.05) is 48.8 Å². The summed E-state index contributed by atoms with van der Waals surface area (Å²) >= 11 is 1.77. The predicted molar refractivity (Wildman–Crippen MR) is 276 cm³/mol. The summed E-state index contributed by atoms with van der Waals surface area (Å²) in [7, 11) is 0. The number of aromatic nitrogens is 4. The molecule has 0 amide bonds. The summed E-state index contributed by atoms with van der Waals surface area (Å²) in [6, 6.07) is 70.2. The van der Waals surface area contributed by atoms with Crippen LogP contribution in [0.2, 0.25) is 0 Å². The first-order valence-electron chi connectivity index (χ1n) is 23.1. The summed E-state index contributed by atoms with van der Waals surface area (Å²) in [5, 5.41) is 24.0. The quantitative estimate of drug-likeness (QED) is 0.174. The highest BCUT2D eigenvalue weighted by Crippen LogP contribution is 2.64. The van der Waals surface area contributed by atoms with Gasteiger partial charge in [0, 0.05) is 72.3 Å². The Morgan fingerprint density at radius 3 is 1.76 bits per heavy atom. The Morgan fingerprint density at radius 2 is 1.04 bits per heavy atom. The fourth-order valence-electron chi connectivity index (χ4n) is 11.7. The van der Waals surface area contributed by atoms with Crippen LogP contribution in [0.5, 0.6) is 11.5 Å². The van der Waals surface area contributed by atoms with E-state index in [0.717, 1.165) is 127 Å². The van der Waals surface area contributed by atoms with Crippen LogP contribution in [-0.2, 0) is 5.41 Å². The van der Waals surface area contributed by atoms with Gasteiger partial charge in [-0.05, 0) is 120 Å². The van der Waals surface area contributed by atoms with Gasteiger partial charge in [-0.2, -0.15) is 10.5 Å². The molecular formula is C61H33N7OS. The van der Waals surface area contributed by atoms with Gasteiger partial charge < -0.3 is 18.8 Å². The Bertz CT molecular complexity index is 4330. The number of hydrogen-bond donors (Lipinski definition) is 0. The molecule has 8 aromatic carbocycles. The number of rotatable bonds is 3. The Hall–Kier alpha value is -9.41. The van der Waals surface area contributed by atoms with Gasteiger partial charge >= 0.3 is 0 Å². The zero-order valence-electron chi connectivity index (χ0n) is 37.0. The van der Waals surface area contributed by atoms with Crippen molar-refractivity contribution in [2.75, 3.05) is 4.90 Å². The molecule has 8 nitrogen and oxygen atoms in total. The minimum atomic E-state index is -0.881. The van der Waals surface area contributed by atoms with Crippen LogP contribution in [0.15, 0.2) is 210 Å². The predicted octanol–water partition coefficient (Wildman–Crippen LogP) is 14.8. The fourth-order valence-corrected chi connectivity index (χ4v) is 12.8. The molecule has 4 aromatic heterocycles. The van der Waals surface area contributed by atoms with Crippen molar-refractivity contribution in [2.24, 2.45) is 0 Å². The molecule has 1 aliphatic carbocycles. The van der Waals surface area contributed by atoms with Crippen LogP contribution in [0.4, 0.5) is 17.1 Å². The van der Waals surface area contributed by atoms with Crippen LogP contribution in [0.25, 0.3) is 66.4 Å². The average molecular weight is 912 g/mol. The maximum atomic E-state index is 9.99. The summed E-state index contributed by atoms with van der Waals surface area (Å²) in [5.74, 6) is 1.48. The lowest BCUT2D eigenvalue weighted by Gasteiger charge is -2.41. The van der Waals surface area contributed by atoms with Gasteiger partial charge in [0.25, 0.3) is 0 Å². The molecule has 0 saturated heterocycles. The van der Waals surface area contributed by atoms with Gasteiger partial charge in [-0.15, -0.1) is 0 Å². The number of anilines is 3. The van der Waals surface area contributed by atoms with E-state index in [1.165, 1.54) is 0 Å². The van der Waals surface area contributed by atoms with Crippen LogP contribution >= 0.6 is 11.8 Å². The third kappa shape index (κ3) is 5.08. The zero-order chi connectivity index (χ0) is 46.2. The lowest BCUT2D eigenvalue weighted by molar-refractivity contribution is 0.436. The SMILES string of the molecule is N#Cc1ccc2c(c1)c1ccccc1n2-c1ccc2c(c1)Sc1ccccc1N2c1ccc2c(c1)Oc1cccc(-n3c4ccccc4c4cc(C#N)ccc43)c1C21c2cccnc2-c2ncccc21. The first-order valence-corrected chi connectivity index (χ1v) is 23.9. The summed E-state index contributed by atoms with van der Waals surface area (Å²) in [5.41, 5.74) is 15.4. The molecule has 70 heavy (non-hydrogen) atoms. The molecule has 0 atom stereocenters. The van der Waals surface area contributed by atoms with Crippen LogP contribution in [0, 0.1) is 22.7 Å². The van der Waals surface area contributed by atoms with E-state index in [0.29, 0.717) is 11.1 Å². The zero-order valence-corrected chi connectivity index (χ0v) is 37.8. The van der Waals surface area contributed by atoms with E-state index in [9.17, 15) is 10.5 Å². The van der Waals surface area contributed by atoms with E-state index in [-0.39, 0.29) is 0 Å². The third-order valence-corrected chi connectivity index (χ3v) is 15.6. The summed E-state index contributed by atoms with van der Waals surface area (Å²) in [4.78, 5) is 14.7. The number of nitrogens with zero attached hydrogens (tertiary/aromatic N) is 7. The highest BCUT2D eigenvalue weighted by atomic mass is 32.2. The molecule has 12 aromatic rings. The van der Waals surface area contributed by atoms with Crippen molar-refractivity contribution in [2.45, 2.75) is 15.2 Å². The largest absolute Gasteiger partial charge is 0.457 e. The minimum Gasteiger partial charge on any atom is -0.457 e. The maximum Gasteiger partial charge on any atom is 0.134 e. The van der Waals surface area contributed by atoms with Gasteiger partial charge in [-0.1, -0.05) is 84.6 Å². The smallest absolute Gasteiger partial charge is 0.134 e. The minimum absolute atomic E-state index is 0.614. The first-order chi connectivity index (χ1) is 34.6. The lowest BCUT2D eigenvalue weighted by Crippen LogP contribution is -2.34. The van der Waals surface area contributed by atoms with Gasteiger partial charge in [0.2, 0.25) is 0 Å². The number of benzene rings is 8. The van der Waals surface area contributed by atoms with Gasteiger partial charge in [0.15, 0.2) is 0 Å². The monoisotopic (exact) mass is 911 g/mol. The van der Waals surface area contributed by atoms with Crippen LogP contribution < -0.4 is 9.64 Å². The van der Waals surface area contributed by atoms with E-state index >= 15 is 0 Å². The van der Waals surface area contributed by atoms with Gasteiger partial charge in [0.05, 0.1) is 79.2 Å². The number of hydrogen-bond acceptors (Lipinski definition) is 7. The lowest BCUT2D eigenvalue weighted by atomic mass is 9.65. The highest BCUT2D eigenvalue weighted by molar-refractivity contribution is 7.99. The Labute approximate surface area is 405 Å². The van der Waals surface area contributed by atoms with Crippen LogP contribution in [-0.4, -0.2) is 19.1 Å². The highest BCUT2D eigenvalue weighted by Gasteiger charge is 2.54. The van der Waals surface area contributed by atoms with Crippen molar-refractivity contribution in [1.29, 1.82) is 10.5 Å². The van der Waals surface area contributed by atoms with Crippen molar-refractivity contribution in [3.63, 3.8) is 0 Å². The fraction of sp³-hybridized carbons (Fsp3) is 0.0164. The molecule has 15 rings (SSSR count). The molecule has 324 valence electrons. The molecule has 0 unspecified atom stereocenters. The second-order valence-corrected chi connectivity index (χ2v) is 19.0. The molecule has 0 saturated carbocycles. The second-order valence-electron chi connectivity index (χ2n) is 17.9. The summed E-state index contributed by atoms with van der Waals surface area (Å²) in [6.07, 6.45) is 3.71. The Morgan fingerprint density at radius 1 is 0.443 bits per heavy atom. The summed E-state index contributed by atoms with van der Waals surface area (Å²) < 4.78 is 11.9. The van der Waals surface area contributed by atoms with Gasteiger partial charge in [-0.25, -0.2) is 0 Å². The van der Waals surface area contributed by atoms with Crippen molar-refractivity contribution < 1.29 is 4.74 Å².